The van der Waals surface area contributed by atoms with E-state index in [9.17, 15) is 4.39 Å². The fraction of sp³-hybridized carbons (Fsp3) is 0.222. The first kappa shape index (κ1) is 8.54. The van der Waals surface area contributed by atoms with Gasteiger partial charge >= 0.3 is 0 Å². The molecular formula is C9H9FN2. The number of anilines is 1. The molecule has 0 aliphatic heterocycles. The lowest BCUT2D eigenvalue weighted by Crippen LogP contribution is -1.95. The van der Waals surface area contributed by atoms with Crippen molar-refractivity contribution >= 4 is 5.69 Å². The smallest absolute Gasteiger partial charge is 0.129 e. The van der Waals surface area contributed by atoms with E-state index in [1.54, 1.807) is 20.0 Å². The highest BCUT2D eigenvalue weighted by atomic mass is 19.1. The Hall–Kier alpha value is -1.56. The Morgan fingerprint density at radius 2 is 2.17 bits per heavy atom. The maximum absolute atomic E-state index is 13.0. The van der Waals surface area contributed by atoms with Gasteiger partial charge in [0.1, 0.15) is 5.82 Å². The third-order valence-corrected chi connectivity index (χ3v) is 1.74. The molecule has 2 nitrogen and oxygen atoms in total. The Morgan fingerprint density at radius 3 is 2.67 bits per heavy atom. The van der Waals surface area contributed by atoms with Crippen LogP contribution in [0.25, 0.3) is 0 Å². The maximum atomic E-state index is 13.0. The average Bonchev–Trinajstić information content (AvgIpc) is 2.09. The van der Waals surface area contributed by atoms with Gasteiger partial charge in [-0.05, 0) is 19.1 Å². The molecule has 0 radical (unpaired) electrons. The van der Waals surface area contributed by atoms with Gasteiger partial charge in [0, 0.05) is 18.3 Å². The zero-order valence-corrected chi connectivity index (χ0v) is 6.98. The molecule has 0 aliphatic carbocycles. The first-order valence-corrected chi connectivity index (χ1v) is 3.57. The van der Waals surface area contributed by atoms with E-state index >= 15 is 0 Å². The number of benzene rings is 1. The van der Waals surface area contributed by atoms with E-state index in [2.05, 4.69) is 5.32 Å². The van der Waals surface area contributed by atoms with Crippen molar-refractivity contribution in [2.75, 3.05) is 12.4 Å². The van der Waals surface area contributed by atoms with E-state index in [0.29, 0.717) is 16.8 Å². The van der Waals surface area contributed by atoms with E-state index in [1.165, 1.54) is 6.07 Å². The van der Waals surface area contributed by atoms with Crippen molar-refractivity contribution < 1.29 is 4.39 Å². The minimum Gasteiger partial charge on any atom is -0.388 e. The standard InChI is InChI=1S/C9H9FN2/c1-6-8(10)3-7(5-11)4-9(6)12-2/h3-4,12H,1-2H3. The third-order valence-electron chi connectivity index (χ3n) is 1.74. The summed E-state index contributed by atoms with van der Waals surface area (Å²) in [5.41, 5.74) is 1.53. The first-order valence-electron chi connectivity index (χ1n) is 3.57. The van der Waals surface area contributed by atoms with Crippen molar-refractivity contribution in [1.82, 2.24) is 0 Å². The number of nitriles is 1. The molecule has 12 heavy (non-hydrogen) atoms. The van der Waals surface area contributed by atoms with Gasteiger partial charge in [-0.1, -0.05) is 0 Å². The van der Waals surface area contributed by atoms with E-state index in [-0.39, 0.29) is 5.82 Å². The summed E-state index contributed by atoms with van der Waals surface area (Å²) in [6.45, 7) is 1.67. The van der Waals surface area contributed by atoms with E-state index in [4.69, 9.17) is 5.26 Å². The molecule has 0 aromatic heterocycles. The monoisotopic (exact) mass is 164 g/mol. The van der Waals surface area contributed by atoms with Gasteiger partial charge in [0.25, 0.3) is 0 Å². The van der Waals surface area contributed by atoms with Crippen LogP contribution < -0.4 is 5.32 Å². The summed E-state index contributed by atoms with van der Waals surface area (Å²) in [6.07, 6.45) is 0. The molecule has 0 saturated carbocycles. The lowest BCUT2D eigenvalue weighted by atomic mass is 10.1. The van der Waals surface area contributed by atoms with Crippen molar-refractivity contribution in [3.8, 4) is 6.07 Å². The highest BCUT2D eigenvalue weighted by Gasteiger charge is 2.04. The van der Waals surface area contributed by atoms with Gasteiger partial charge in [-0.15, -0.1) is 0 Å². The summed E-state index contributed by atoms with van der Waals surface area (Å²) in [5, 5.41) is 11.3. The Bertz CT molecular complexity index is 339. The third kappa shape index (κ3) is 1.37. The highest BCUT2D eigenvalue weighted by molar-refractivity contribution is 5.55. The fourth-order valence-electron chi connectivity index (χ4n) is 1.00. The second kappa shape index (κ2) is 3.22. The average molecular weight is 164 g/mol. The molecule has 0 amide bonds. The Labute approximate surface area is 70.6 Å². The summed E-state index contributed by atoms with van der Waals surface area (Å²) >= 11 is 0. The minimum absolute atomic E-state index is 0.336. The predicted molar refractivity (Wildman–Crippen MR) is 45.4 cm³/mol. The number of nitrogens with one attached hydrogen (secondary N) is 1. The van der Waals surface area contributed by atoms with Crippen LogP contribution in [0.5, 0.6) is 0 Å². The quantitative estimate of drug-likeness (QED) is 0.689. The van der Waals surface area contributed by atoms with Gasteiger partial charge in [-0.3, -0.25) is 0 Å². The van der Waals surface area contributed by atoms with Crippen molar-refractivity contribution in [2.24, 2.45) is 0 Å². The van der Waals surface area contributed by atoms with Crippen LogP contribution in [0.4, 0.5) is 10.1 Å². The van der Waals surface area contributed by atoms with Crippen molar-refractivity contribution in [3.63, 3.8) is 0 Å². The number of hydrogen-bond acceptors (Lipinski definition) is 2. The van der Waals surface area contributed by atoms with Crippen molar-refractivity contribution in [2.45, 2.75) is 6.92 Å². The number of hydrogen-bond donors (Lipinski definition) is 1. The maximum Gasteiger partial charge on any atom is 0.129 e. The van der Waals surface area contributed by atoms with Gasteiger partial charge < -0.3 is 5.32 Å². The van der Waals surface area contributed by atoms with Gasteiger partial charge in [0.05, 0.1) is 11.6 Å². The zero-order valence-electron chi connectivity index (χ0n) is 6.98. The molecule has 0 heterocycles. The van der Waals surface area contributed by atoms with Crippen LogP contribution >= 0.6 is 0 Å². The van der Waals surface area contributed by atoms with Gasteiger partial charge in [0.2, 0.25) is 0 Å². The van der Waals surface area contributed by atoms with Gasteiger partial charge in [0.15, 0.2) is 0 Å². The van der Waals surface area contributed by atoms with E-state index in [1.807, 2.05) is 6.07 Å². The summed E-state index contributed by atoms with van der Waals surface area (Å²) in [6, 6.07) is 4.75. The normalized spacial score (nSPS) is 9.17. The van der Waals surface area contributed by atoms with Crippen LogP contribution in [0.2, 0.25) is 0 Å². The Kier molecular flexibility index (Phi) is 2.29. The molecule has 1 rings (SSSR count). The molecule has 0 atom stereocenters. The number of halogens is 1. The predicted octanol–water partition coefficient (Wildman–Crippen LogP) is 2.05. The van der Waals surface area contributed by atoms with Crippen molar-refractivity contribution in [1.29, 1.82) is 5.26 Å². The summed E-state index contributed by atoms with van der Waals surface area (Å²) in [4.78, 5) is 0. The van der Waals surface area contributed by atoms with Crippen LogP contribution in [0, 0.1) is 24.1 Å². The molecule has 1 aromatic carbocycles. The van der Waals surface area contributed by atoms with E-state index < -0.39 is 0 Å². The van der Waals surface area contributed by atoms with Crippen LogP contribution in [0.15, 0.2) is 12.1 Å². The summed E-state index contributed by atoms with van der Waals surface area (Å²) < 4.78 is 13.0. The van der Waals surface area contributed by atoms with Crippen LogP contribution in [-0.2, 0) is 0 Å². The van der Waals surface area contributed by atoms with Crippen LogP contribution in [0.1, 0.15) is 11.1 Å². The second-order valence-corrected chi connectivity index (χ2v) is 2.49. The van der Waals surface area contributed by atoms with Gasteiger partial charge in [-0.2, -0.15) is 5.26 Å². The largest absolute Gasteiger partial charge is 0.388 e. The minimum atomic E-state index is -0.349. The first-order chi connectivity index (χ1) is 5.69. The van der Waals surface area contributed by atoms with Gasteiger partial charge in [-0.25, -0.2) is 4.39 Å². The van der Waals surface area contributed by atoms with Crippen molar-refractivity contribution in [3.05, 3.63) is 29.1 Å². The van der Waals surface area contributed by atoms with Crippen LogP contribution in [-0.4, -0.2) is 7.05 Å². The summed E-state index contributed by atoms with van der Waals surface area (Å²) in [5.74, 6) is -0.349. The lowest BCUT2D eigenvalue weighted by molar-refractivity contribution is 0.619. The zero-order chi connectivity index (χ0) is 9.14. The lowest BCUT2D eigenvalue weighted by Gasteiger charge is -2.05. The molecule has 1 aromatic rings. The highest BCUT2D eigenvalue weighted by Crippen LogP contribution is 2.19. The number of rotatable bonds is 1. The molecule has 0 spiro atoms. The topological polar surface area (TPSA) is 35.8 Å². The molecule has 0 fully saturated rings. The molecule has 1 N–H and O–H groups in total. The molecule has 62 valence electrons. The SMILES string of the molecule is CNc1cc(C#N)cc(F)c1C. The van der Waals surface area contributed by atoms with Crippen LogP contribution in [0.3, 0.4) is 0 Å². The molecule has 3 heteroatoms. The fourth-order valence-corrected chi connectivity index (χ4v) is 1.00. The van der Waals surface area contributed by atoms with E-state index in [0.717, 1.165) is 0 Å². The second-order valence-electron chi connectivity index (χ2n) is 2.49. The molecular weight excluding hydrogens is 155 g/mol. The number of nitrogens with zero attached hydrogens (tertiary/aromatic N) is 1. The molecule has 0 unspecified atom stereocenters. The Balaban J connectivity index is 3.31. The summed E-state index contributed by atoms with van der Waals surface area (Å²) in [7, 11) is 1.70. The molecule has 0 aliphatic rings. The molecule has 0 bridgehead atoms. The molecule has 0 saturated heterocycles. The Morgan fingerprint density at radius 1 is 1.50 bits per heavy atom.